The zero-order valence-corrected chi connectivity index (χ0v) is 11.0. The van der Waals surface area contributed by atoms with Crippen molar-refractivity contribution in [1.29, 1.82) is 0 Å². The lowest BCUT2D eigenvalue weighted by atomic mass is 10.2. The Bertz CT molecular complexity index is 304. The van der Waals surface area contributed by atoms with Gasteiger partial charge in [0.1, 0.15) is 4.60 Å². The summed E-state index contributed by atoms with van der Waals surface area (Å²) in [6, 6.07) is 2.87. The molecule has 0 fully saturated rings. The Labute approximate surface area is 94.2 Å². The molecule has 0 amide bonds. The summed E-state index contributed by atoms with van der Waals surface area (Å²) in [7, 11) is 4.16. The molecule has 0 aliphatic carbocycles. The molecule has 0 aliphatic heterocycles. The fourth-order valence-corrected chi connectivity index (χ4v) is 1.77. The number of hydrogen-bond acceptors (Lipinski definition) is 2. The minimum absolute atomic E-state index is 0.385. The molecule has 80 valence electrons. The minimum atomic E-state index is 0.385. The Kier molecular flexibility index (Phi) is 3.72. The predicted octanol–water partition coefficient (Wildman–Crippen LogP) is 2.85. The van der Waals surface area contributed by atoms with Gasteiger partial charge in [0.15, 0.2) is 0 Å². The number of hydrogen-bond donors (Lipinski definition) is 0. The molecule has 0 spiro atoms. The fourth-order valence-electron chi connectivity index (χ4n) is 1.37. The van der Waals surface area contributed by atoms with E-state index < -0.39 is 0 Å². The van der Waals surface area contributed by atoms with Gasteiger partial charge in [0, 0.05) is 12.1 Å². The van der Waals surface area contributed by atoms with E-state index in [0.29, 0.717) is 12.1 Å². The second kappa shape index (κ2) is 4.45. The maximum Gasteiger partial charge on any atom is 0.128 e. The molecule has 14 heavy (non-hydrogen) atoms. The monoisotopic (exact) mass is 259 g/mol. The summed E-state index contributed by atoms with van der Waals surface area (Å²) in [5, 5.41) is 4.42. The summed E-state index contributed by atoms with van der Waals surface area (Å²) in [6.07, 6.45) is 0. The maximum absolute atomic E-state index is 4.42. The maximum atomic E-state index is 4.42. The van der Waals surface area contributed by atoms with Crippen LogP contribution >= 0.6 is 15.9 Å². The molecule has 1 aromatic heterocycles. The van der Waals surface area contributed by atoms with Crippen molar-refractivity contribution in [1.82, 2.24) is 14.7 Å². The van der Waals surface area contributed by atoms with Crippen molar-refractivity contribution in [3.8, 4) is 0 Å². The van der Waals surface area contributed by atoms with Crippen molar-refractivity contribution < 1.29 is 0 Å². The highest BCUT2D eigenvalue weighted by Crippen LogP contribution is 2.23. The van der Waals surface area contributed by atoms with E-state index in [1.807, 2.05) is 0 Å². The van der Waals surface area contributed by atoms with E-state index >= 15 is 0 Å². The lowest BCUT2D eigenvalue weighted by Crippen LogP contribution is -2.21. The third-order valence-electron chi connectivity index (χ3n) is 2.43. The van der Waals surface area contributed by atoms with Crippen LogP contribution in [0.4, 0.5) is 0 Å². The minimum Gasteiger partial charge on any atom is -0.301 e. The molecule has 0 radical (unpaired) electrons. The van der Waals surface area contributed by atoms with Crippen LogP contribution in [0.25, 0.3) is 0 Å². The molecule has 0 bridgehead atoms. The number of halogens is 1. The molecule has 1 atom stereocenters. The highest BCUT2D eigenvalue weighted by Gasteiger charge is 2.16. The molecule has 0 saturated carbocycles. The first-order valence-electron chi connectivity index (χ1n) is 4.85. The van der Waals surface area contributed by atoms with Crippen molar-refractivity contribution >= 4 is 15.9 Å². The topological polar surface area (TPSA) is 21.1 Å². The first-order valence-corrected chi connectivity index (χ1v) is 5.64. The Hall–Kier alpha value is -0.350. The Balaban J connectivity index is 3.06. The summed E-state index contributed by atoms with van der Waals surface area (Å²) in [5.41, 5.74) is 1.25. The average Bonchev–Trinajstić information content (AvgIpc) is 2.45. The van der Waals surface area contributed by atoms with E-state index in [0.717, 1.165) is 4.60 Å². The van der Waals surface area contributed by atoms with Gasteiger partial charge in [-0.15, -0.1) is 0 Å². The molecule has 1 aromatic rings. The summed E-state index contributed by atoms with van der Waals surface area (Å²) >= 11 is 3.42. The smallest absolute Gasteiger partial charge is 0.128 e. The summed E-state index contributed by atoms with van der Waals surface area (Å²) in [5.74, 6) is 0. The molecule has 0 aliphatic rings. The molecule has 4 heteroatoms. The van der Waals surface area contributed by atoms with Crippen molar-refractivity contribution in [2.45, 2.75) is 32.9 Å². The van der Waals surface area contributed by atoms with Crippen LogP contribution in [0.1, 0.15) is 38.5 Å². The largest absolute Gasteiger partial charge is 0.301 e. The lowest BCUT2D eigenvalue weighted by molar-refractivity contribution is 0.298. The molecular weight excluding hydrogens is 242 g/mol. The van der Waals surface area contributed by atoms with Gasteiger partial charge < -0.3 is 4.90 Å². The second-order valence-corrected chi connectivity index (χ2v) is 4.88. The van der Waals surface area contributed by atoms with Crippen molar-refractivity contribution in [3.63, 3.8) is 0 Å². The zero-order chi connectivity index (χ0) is 10.9. The molecule has 1 rings (SSSR count). The molecular formula is C10H18BrN3. The van der Waals surface area contributed by atoms with E-state index in [4.69, 9.17) is 0 Å². The first kappa shape index (κ1) is 11.7. The van der Waals surface area contributed by atoms with Gasteiger partial charge in [0.25, 0.3) is 0 Å². The van der Waals surface area contributed by atoms with Gasteiger partial charge in [-0.1, -0.05) is 0 Å². The number of nitrogens with zero attached hydrogens (tertiary/aromatic N) is 3. The van der Waals surface area contributed by atoms with E-state index in [1.165, 1.54) is 5.69 Å². The van der Waals surface area contributed by atoms with Crippen molar-refractivity contribution in [3.05, 3.63) is 16.4 Å². The number of rotatable bonds is 3. The van der Waals surface area contributed by atoms with E-state index in [2.05, 4.69) is 71.5 Å². The highest BCUT2D eigenvalue weighted by molar-refractivity contribution is 9.10. The van der Waals surface area contributed by atoms with E-state index in [1.54, 1.807) is 0 Å². The van der Waals surface area contributed by atoms with Gasteiger partial charge in [-0.2, -0.15) is 5.10 Å². The lowest BCUT2D eigenvalue weighted by Gasteiger charge is -2.22. The molecule has 0 saturated heterocycles. The molecule has 3 nitrogen and oxygen atoms in total. The van der Waals surface area contributed by atoms with Crippen LogP contribution in [0.3, 0.4) is 0 Å². The fraction of sp³-hybridized carbons (Fsp3) is 0.700. The van der Waals surface area contributed by atoms with Crippen LogP contribution < -0.4 is 0 Å². The highest BCUT2D eigenvalue weighted by atomic mass is 79.9. The van der Waals surface area contributed by atoms with Crippen LogP contribution in [0.2, 0.25) is 0 Å². The number of aromatic nitrogens is 2. The predicted molar refractivity (Wildman–Crippen MR) is 62.4 cm³/mol. The van der Waals surface area contributed by atoms with Gasteiger partial charge >= 0.3 is 0 Å². The standard InChI is InChI=1S/C10H18BrN3/c1-7(2)14-9(6-10(11)12-14)8(3)13(4)5/h6-8H,1-5H3. The first-order chi connectivity index (χ1) is 6.43. The summed E-state index contributed by atoms with van der Waals surface area (Å²) in [6.45, 7) is 6.47. The molecule has 1 heterocycles. The quantitative estimate of drug-likeness (QED) is 0.833. The van der Waals surface area contributed by atoms with Gasteiger partial charge in [0.2, 0.25) is 0 Å². The third-order valence-corrected chi connectivity index (χ3v) is 2.81. The average molecular weight is 260 g/mol. The van der Waals surface area contributed by atoms with E-state index in [9.17, 15) is 0 Å². The van der Waals surface area contributed by atoms with Crippen molar-refractivity contribution in [2.24, 2.45) is 0 Å². The second-order valence-electron chi connectivity index (χ2n) is 4.07. The van der Waals surface area contributed by atoms with Gasteiger partial charge in [-0.3, -0.25) is 4.68 Å². The van der Waals surface area contributed by atoms with Gasteiger partial charge in [-0.05, 0) is 56.9 Å². The van der Waals surface area contributed by atoms with Crippen LogP contribution in [-0.2, 0) is 0 Å². The van der Waals surface area contributed by atoms with Crippen LogP contribution in [0, 0.1) is 0 Å². The van der Waals surface area contributed by atoms with E-state index in [-0.39, 0.29) is 0 Å². The van der Waals surface area contributed by atoms with Crippen LogP contribution in [-0.4, -0.2) is 28.8 Å². The van der Waals surface area contributed by atoms with Crippen molar-refractivity contribution in [2.75, 3.05) is 14.1 Å². The molecule has 1 unspecified atom stereocenters. The summed E-state index contributed by atoms with van der Waals surface area (Å²) in [4.78, 5) is 2.18. The van der Waals surface area contributed by atoms with Crippen LogP contribution in [0.15, 0.2) is 10.7 Å². The third kappa shape index (κ3) is 2.36. The van der Waals surface area contributed by atoms with Gasteiger partial charge in [-0.25, -0.2) is 0 Å². The normalized spacial score (nSPS) is 14.0. The SMILES string of the molecule is CC(c1cc(Br)nn1C(C)C)N(C)C. The molecule has 0 aromatic carbocycles. The Morgan fingerprint density at radius 1 is 1.36 bits per heavy atom. The van der Waals surface area contributed by atoms with Gasteiger partial charge in [0.05, 0.1) is 5.69 Å². The Morgan fingerprint density at radius 3 is 2.36 bits per heavy atom. The summed E-state index contributed by atoms with van der Waals surface area (Å²) < 4.78 is 2.98. The van der Waals surface area contributed by atoms with Crippen LogP contribution in [0.5, 0.6) is 0 Å². The zero-order valence-electron chi connectivity index (χ0n) is 9.45. The Morgan fingerprint density at radius 2 is 1.93 bits per heavy atom. The molecule has 0 N–H and O–H groups in total.